The summed E-state index contributed by atoms with van der Waals surface area (Å²) in [5.41, 5.74) is 1.04. The van der Waals surface area contributed by atoms with Crippen LogP contribution in [0.4, 0.5) is 0 Å². The van der Waals surface area contributed by atoms with Crippen molar-refractivity contribution < 1.29 is 4.74 Å². The van der Waals surface area contributed by atoms with E-state index in [1.807, 2.05) is 12.3 Å². The van der Waals surface area contributed by atoms with Crippen molar-refractivity contribution >= 4 is 0 Å². The van der Waals surface area contributed by atoms with Gasteiger partial charge in [0.15, 0.2) is 5.82 Å². The highest BCUT2D eigenvalue weighted by atomic mass is 16.5. The van der Waals surface area contributed by atoms with Gasteiger partial charge in [0.1, 0.15) is 6.10 Å². The summed E-state index contributed by atoms with van der Waals surface area (Å²) in [6.45, 7) is 7.24. The molecule has 4 nitrogen and oxygen atoms in total. The van der Waals surface area contributed by atoms with E-state index in [1.165, 1.54) is 12.8 Å². The zero-order valence-electron chi connectivity index (χ0n) is 11.7. The standard InChI is InChI=1S/C14H23N3O/c1-14(2,3)12(18-4)13-15-8-7-11(17-13)9-16-10-5-6-10/h7-8,10,12,16H,5-6,9H2,1-4H3. The Labute approximate surface area is 109 Å². The molecule has 1 heterocycles. The first kappa shape index (κ1) is 13.4. The Kier molecular flexibility index (Phi) is 3.97. The summed E-state index contributed by atoms with van der Waals surface area (Å²) in [7, 11) is 1.72. The molecule has 2 rings (SSSR count). The second-order valence-electron chi connectivity index (χ2n) is 6.04. The maximum atomic E-state index is 5.55. The van der Waals surface area contributed by atoms with Gasteiger partial charge in [0.2, 0.25) is 0 Å². The second kappa shape index (κ2) is 5.33. The van der Waals surface area contributed by atoms with Crippen LogP contribution in [0.1, 0.15) is 51.2 Å². The minimum Gasteiger partial charge on any atom is -0.373 e. The smallest absolute Gasteiger partial charge is 0.157 e. The molecule has 1 aliphatic carbocycles. The lowest BCUT2D eigenvalue weighted by Crippen LogP contribution is -2.23. The molecule has 0 spiro atoms. The van der Waals surface area contributed by atoms with E-state index in [0.717, 1.165) is 18.1 Å². The fourth-order valence-corrected chi connectivity index (χ4v) is 2.02. The molecule has 0 amide bonds. The summed E-state index contributed by atoms with van der Waals surface area (Å²) in [4.78, 5) is 8.97. The topological polar surface area (TPSA) is 47.0 Å². The fraction of sp³-hybridized carbons (Fsp3) is 0.714. The molecule has 4 heteroatoms. The van der Waals surface area contributed by atoms with Crippen LogP contribution in [0, 0.1) is 5.41 Å². The van der Waals surface area contributed by atoms with Crippen LogP contribution in [0.25, 0.3) is 0 Å². The molecule has 0 radical (unpaired) electrons. The van der Waals surface area contributed by atoms with Crippen LogP contribution in [0.2, 0.25) is 0 Å². The Morgan fingerprint density at radius 2 is 2.17 bits per heavy atom. The Bertz CT molecular complexity index is 396. The first-order valence-corrected chi connectivity index (χ1v) is 6.58. The summed E-state index contributed by atoms with van der Waals surface area (Å²) in [5, 5.41) is 3.46. The normalized spacial score (nSPS) is 17.8. The molecule has 100 valence electrons. The lowest BCUT2D eigenvalue weighted by molar-refractivity contribution is 0.00848. The lowest BCUT2D eigenvalue weighted by Gasteiger charge is -2.28. The van der Waals surface area contributed by atoms with Gasteiger partial charge in [-0.15, -0.1) is 0 Å². The Balaban J connectivity index is 2.08. The molecule has 1 atom stereocenters. The van der Waals surface area contributed by atoms with E-state index in [4.69, 9.17) is 4.74 Å². The number of aromatic nitrogens is 2. The number of ether oxygens (including phenoxy) is 1. The Hall–Kier alpha value is -1.00. The van der Waals surface area contributed by atoms with Crippen LogP contribution in [-0.2, 0) is 11.3 Å². The van der Waals surface area contributed by atoms with Crippen molar-refractivity contribution in [1.82, 2.24) is 15.3 Å². The maximum absolute atomic E-state index is 5.55. The predicted octanol–water partition coefficient (Wildman–Crippen LogP) is 2.46. The largest absolute Gasteiger partial charge is 0.373 e. The average Bonchev–Trinajstić information content (AvgIpc) is 3.10. The van der Waals surface area contributed by atoms with Crippen molar-refractivity contribution in [1.29, 1.82) is 0 Å². The number of nitrogens with one attached hydrogen (secondary N) is 1. The van der Waals surface area contributed by atoms with E-state index >= 15 is 0 Å². The van der Waals surface area contributed by atoms with Crippen molar-refractivity contribution in [3.05, 3.63) is 23.8 Å². The third-order valence-corrected chi connectivity index (χ3v) is 3.14. The van der Waals surface area contributed by atoms with Crippen molar-refractivity contribution in [2.75, 3.05) is 7.11 Å². The summed E-state index contributed by atoms with van der Waals surface area (Å²) >= 11 is 0. The third-order valence-electron chi connectivity index (χ3n) is 3.14. The monoisotopic (exact) mass is 249 g/mol. The molecule has 0 aromatic carbocycles. The van der Waals surface area contributed by atoms with Gasteiger partial charge in [-0.25, -0.2) is 9.97 Å². The number of nitrogens with zero attached hydrogens (tertiary/aromatic N) is 2. The third kappa shape index (κ3) is 3.50. The molecule has 0 saturated heterocycles. The van der Waals surface area contributed by atoms with E-state index < -0.39 is 0 Å². The highest BCUT2D eigenvalue weighted by Gasteiger charge is 2.28. The number of hydrogen-bond donors (Lipinski definition) is 1. The van der Waals surface area contributed by atoms with Gasteiger partial charge in [-0.2, -0.15) is 0 Å². The minimum atomic E-state index is -0.0709. The molecule has 1 aromatic heterocycles. The Morgan fingerprint density at radius 3 is 2.72 bits per heavy atom. The molecule has 1 aromatic rings. The zero-order chi connectivity index (χ0) is 13.2. The predicted molar refractivity (Wildman–Crippen MR) is 71.1 cm³/mol. The van der Waals surface area contributed by atoms with Gasteiger partial charge in [-0.1, -0.05) is 20.8 Å². The van der Waals surface area contributed by atoms with Gasteiger partial charge in [-0.05, 0) is 24.3 Å². The average molecular weight is 249 g/mol. The zero-order valence-corrected chi connectivity index (χ0v) is 11.7. The highest BCUT2D eigenvalue weighted by molar-refractivity contribution is 5.06. The SMILES string of the molecule is COC(c1nccc(CNC2CC2)n1)C(C)(C)C. The van der Waals surface area contributed by atoms with E-state index in [0.29, 0.717) is 6.04 Å². The molecule has 1 saturated carbocycles. The first-order chi connectivity index (χ1) is 8.50. The summed E-state index contributed by atoms with van der Waals surface area (Å²) in [6.07, 6.45) is 4.34. The molecule has 0 bridgehead atoms. The van der Waals surface area contributed by atoms with E-state index in [-0.39, 0.29) is 11.5 Å². The van der Waals surface area contributed by atoms with Gasteiger partial charge in [0.25, 0.3) is 0 Å². The van der Waals surface area contributed by atoms with Crippen molar-refractivity contribution in [3.8, 4) is 0 Å². The fourth-order valence-electron chi connectivity index (χ4n) is 2.02. The van der Waals surface area contributed by atoms with Crippen molar-refractivity contribution in [2.24, 2.45) is 5.41 Å². The molecule has 18 heavy (non-hydrogen) atoms. The molecule has 1 aliphatic rings. The molecule has 0 aliphatic heterocycles. The van der Waals surface area contributed by atoms with Crippen LogP contribution >= 0.6 is 0 Å². The van der Waals surface area contributed by atoms with Crippen molar-refractivity contribution in [3.63, 3.8) is 0 Å². The van der Waals surface area contributed by atoms with E-state index in [9.17, 15) is 0 Å². The molecule has 1 N–H and O–H groups in total. The van der Waals surface area contributed by atoms with Gasteiger partial charge >= 0.3 is 0 Å². The van der Waals surface area contributed by atoms with E-state index in [1.54, 1.807) is 7.11 Å². The molecule has 1 fully saturated rings. The summed E-state index contributed by atoms with van der Waals surface area (Å²) < 4.78 is 5.55. The quantitative estimate of drug-likeness (QED) is 0.870. The van der Waals surface area contributed by atoms with Gasteiger partial charge < -0.3 is 10.1 Å². The highest BCUT2D eigenvalue weighted by Crippen LogP contribution is 2.33. The number of rotatable bonds is 5. The Morgan fingerprint density at radius 1 is 1.44 bits per heavy atom. The van der Waals surface area contributed by atoms with E-state index in [2.05, 4.69) is 36.1 Å². The first-order valence-electron chi connectivity index (χ1n) is 6.58. The molecular formula is C14H23N3O. The second-order valence-corrected chi connectivity index (χ2v) is 6.04. The maximum Gasteiger partial charge on any atom is 0.157 e. The van der Waals surface area contributed by atoms with Crippen LogP contribution in [0.15, 0.2) is 12.3 Å². The van der Waals surface area contributed by atoms with Gasteiger partial charge in [-0.3, -0.25) is 0 Å². The summed E-state index contributed by atoms with van der Waals surface area (Å²) in [6, 6.07) is 2.66. The van der Waals surface area contributed by atoms with Gasteiger partial charge in [0, 0.05) is 25.9 Å². The minimum absolute atomic E-state index is 0.00268. The number of methoxy groups -OCH3 is 1. The summed E-state index contributed by atoms with van der Waals surface area (Å²) in [5.74, 6) is 0.778. The van der Waals surface area contributed by atoms with Crippen LogP contribution in [0.5, 0.6) is 0 Å². The van der Waals surface area contributed by atoms with Crippen molar-refractivity contribution in [2.45, 2.75) is 52.3 Å². The van der Waals surface area contributed by atoms with Crippen LogP contribution < -0.4 is 5.32 Å². The lowest BCUT2D eigenvalue weighted by atomic mass is 9.88. The molecular weight excluding hydrogens is 226 g/mol. The van der Waals surface area contributed by atoms with Crippen LogP contribution in [-0.4, -0.2) is 23.1 Å². The number of hydrogen-bond acceptors (Lipinski definition) is 4. The van der Waals surface area contributed by atoms with Gasteiger partial charge in [0.05, 0.1) is 5.69 Å². The molecule has 1 unspecified atom stereocenters. The van der Waals surface area contributed by atoms with Crippen LogP contribution in [0.3, 0.4) is 0 Å².